The van der Waals surface area contributed by atoms with Crippen molar-refractivity contribution in [1.82, 2.24) is 20.2 Å². The first-order valence-electron chi connectivity index (χ1n) is 10.2. The Morgan fingerprint density at radius 2 is 1.91 bits per heavy atom. The average Bonchev–Trinajstić information content (AvgIpc) is 3.35. The lowest BCUT2D eigenvalue weighted by molar-refractivity contribution is 0.0953. The van der Waals surface area contributed by atoms with Gasteiger partial charge in [-0.15, -0.1) is 0 Å². The third-order valence-electron chi connectivity index (χ3n) is 5.20. The molecule has 0 saturated carbocycles. The molecule has 2 aromatic heterocycles. The third kappa shape index (κ3) is 5.20. The van der Waals surface area contributed by atoms with Gasteiger partial charge in [0.2, 0.25) is 0 Å². The van der Waals surface area contributed by atoms with Crippen LogP contribution in [0, 0.1) is 6.92 Å². The summed E-state index contributed by atoms with van der Waals surface area (Å²) in [4.78, 5) is 38.2. The van der Waals surface area contributed by atoms with Crippen LogP contribution < -0.4 is 10.2 Å². The molecule has 0 aliphatic carbocycles. The van der Waals surface area contributed by atoms with Gasteiger partial charge in [0.15, 0.2) is 15.0 Å². The summed E-state index contributed by atoms with van der Waals surface area (Å²) in [5.74, 6) is -0.253. The number of hydrogen-bond donors (Lipinski definition) is 1. The van der Waals surface area contributed by atoms with E-state index in [1.807, 2.05) is 18.2 Å². The predicted molar refractivity (Wildman–Crippen MR) is 125 cm³/mol. The Morgan fingerprint density at radius 3 is 2.58 bits per heavy atom. The lowest BCUT2D eigenvalue weighted by Gasteiger charge is -2.17. The molecule has 1 aliphatic heterocycles. The van der Waals surface area contributed by atoms with E-state index in [9.17, 15) is 18.0 Å². The van der Waals surface area contributed by atoms with E-state index in [-0.39, 0.29) is 16.8 Å². The smallest absolute Gasteiger partial charge is 0.326 e. The number of thiazole rings is 1. The quantitative estimate of drug-likeness (QED) is 0.551. The average molecular weight is 486 g/mol. The van der Waals surface area contributed by atoms with Gasteiger partial charge >= 0.3 is 6.03 Å². The van der Waals surface area contributed by atoms with Crippen molar-refractivity contribution in [2.24, 2.45) is 0 Å². The Labute approximate surface area is 196 Å². The van der Waals surface area contributed by atoms with Gasteiger partial charge in [0.25, 0.3) is 5.91 Å². The Bertz CT molecular complexity index is 1270. The van der Waals surface area contributed by atoms with Gasteiger partial charge in [-0.25, -0.2) is 18.2 Å². The molecule has 0 atom stereocenters. The minimum atomic E-state index is -3.26. The molecule has 0 radical (unpaired) electrons. The summed E-state index contributed by atoms with van der Waals surface area (Å²) in [7, 11) is -3.26. The van der Waals surface area contributed by atoms with Crippen molar-refractivity contribution < 1.29 is 18.0 Å². The number of nitrogens with one attached hydrogen (secondary N) is 1. The van der Waals surface area contributed by atoms with Crippen LogP contribution in [0.25, 0.3) is 0 Å². The van der Waals surface area contributed by atoms with Crippen LogP contribution in [-0.4, -0.2) is 54.6 Å². The highest BCUT2D eigenvalue weighted by Gasteiger charge is 2.32. The number of urea groups is 1. The summed E-state index contributed by atoms with van der Waals surface area (Å²) in [6.07, 6.45) is 2.83. The van der Waals surface area contributed by atoms with Gasteiger partial charge in [0, 0.05) is 32.1 Å². The van der Waals surface area contributed by atoms with Crippen molar-refractivity contribution in [3.8, 4) is 0 Å². The Hall–Kier alpha value is -3.31. The number of pyridine rings is 1. The van der Waals surface area contributed by atoms with E-state index in [1.165, 1.54) is 11.3 Å². The molecular weight excluding hydrogens is 462 g/mol. The Morgan fingerprint density at radius 1 is 1.15 bits per heavy atom. The number of benzene rings is 1. The van der Waals surface area contributed by atoms with Crippen molar-refractivity contribution in [2.45, 2.75) is 24.9 Å². The maximum absolute atomic E-state index is 13.0. The number of sulfone groups is 1. The van der Waals surface area contributed by atoms with E-state index < -0.39 is 9.84 Å². The number of carbonyl (C=O) groups is 2. The number of hydrogen-bond acceptors (Lipinski definition) is 7. The Balaban J connectivity index is 1.41. The molecule has 1 aromatic carbocycles. The summed E-state index contributed by atoms with van der Waals surface area (Å²) < 4.78 is 23.2. The monoisotopic (exact) mass is 485 g/mol. The minimum absolute atomic E-state index is 0.198. The molecule has 0 bridgehead atoms. The van der Waals surface area contributed by atoms with Crippen LogP contribution in [0.1, 0.15) is 26.6 Å². The first-order chi connectivity index (χ1) is 15.7. The van der Waals surface area contributed by atoms with Crippen LogP contribution in [0.4, 0.5) is 9.93 Å². The lowest BCUT2D eigenvalue weighted by Crippen LogP contribution is -2.31. The number of rotatable bonds is 7. The molecule has 33 heavy (non-hydrogen) atoms. The summed E-state index contributed by atoms with van der Waals surface area (Å²) in [6, 6.07) is 11.8. The lowest BCUT2D eigenvalue weighted by atomic mass is 10.2. The van der Waals surface area contributed by atoms with Gasteiger partial charge in [0.05, 0.1) is 22.8 Å². The maximum atomic E-state index is 13.0. The zero-order chi connectivity index (χ0) is 23.6. The molecule has 1 saturated heterocycles. The van der Waals surface area contributed by atoms with E-state index in [0.717, 1.165) is 17.5 Å². The molecule has 1 fully saturated rings. The fraction of sp³-hybridized carbons (Fsp3) is 0.273. The molecular formula is C22H23N5O4S2. The molecule has 3 aromatic rings. The van der Waals surface area contributed by atoms with Crippen molar-refractivity contribution in [1.29, 1.82) is 0 Å². The zero-order valence-electron chi connectivity index (χ0n) is 18.2. The fourth-order valence-corrected chi connectivity index (χ4v) is 5.06. The number of aromatic nitrogens is 2. The second kappa shape index (κ2) is 9.28. The predicted octanol–water partition coefficient (Wildman–Crippen LogP) is 2.62. The summed E-state index contributed by atoms with van der Waals surface area (Å²) in [5.41, 5.74) is 2.15. The maximum Gasteiger partial charge on any atom is 0.326 e. The van der Waals surface area contributed by atoms with Crippen molar-refractivity contribution >= 4 is 38.2 Å². The second-order valence-corrected chi connectivity index (χ2v) is 10.7. The van der Waals surface area contributed by atoms with Gasteiger partial charge in [-0.1, -0.05) is 29.5 Å². The second-order valence-electron chi connectivity index (χ2n) is 7.69. The SMILES string of the molecule is Cc1nc(N2CCN(Cc3ccc(S(C)(=O)=O)cc3)C2=O)sc1C(=O)NCc1ccccn1. The fourth-order valence-electron chi connectivity index (χ4n) is 3.43. The first kappa shape index (κ1) is 22.9. The standard InChI is InChI=1S/C22H23N5O4S2/c1-15-19(20(28)24-13-17-5-3-4-10-23-17)32-21(25-15)27-12-11-26(22(27)29)14-16-6-8-18(9-7-16)33(2,30)31/h3-10H,11-14H2,1-2H3,(H,24,28). The number of nitrogens with zero attached hydrogens (tertiary/aromatic N) is 4. The van der Waals surface area contributed by atoms with Crippen LogP contribution in [-0.2, 0) is 22.9 Å². The number of aryl methyl sites for hydroxylation is 1. The van der Waals surface area contributed by atoms with E-state index in [4.69, 9.17) is 0 Å². The molecule has 1 aliphatic rings. The molecule has 3 amide bonds. The normalized spacial score (nSPS) is 14.1. The number of amides is 3. The molecule has 0 spiro atoms. The van der Waals surface area contributed by atoms with Crippen molar-refractivity contribution in [3.63, 3.8) is 0 Å². The van der Waals surface area contributed by atoms with E-state index in [2.05, 4.69) is 15.3 Å². The highest BCUT2D eigenvalue weighted by molar-refractivity contribution is 7.90. The highest BCUT2D eigenvalue weighted by Crippen LogP contribution is 2.29. The van der Waals surface area contributed by atoms with E-state index in [1.54, 1.807) is 47.2 Å². The van der Waals surface area contributed by atoms with Crippen LogP contribution in [0.3, 0.4) is 0 Å². The summed E-state index contributed by atoms with van der Waals surface area (Å²) in [6.45, 7) is 3.38. The largest absolute Gasteiger partial charge is 0.346 e. The third-order valence-corrected chi connectivity index (χ3v) is 7.51. The zero-order valence-corrected chi connectivity index (χ0v) is 19.8. The first-order valence-corrected chi connectivity index (χ1v) is 12.9. The Kier molecular flexibility index (Phi) is 6.43. The molecule has 11 heteroatoms. The van der Waals surface area contributed by atoms with E-state index in [0.29, 0.717) is 41.9 Å². The molecule has 1 N–H and O–H groups in total. The van der Waals surface area contributed by atoms with Crippen LogP contribution in [0.2, 0.25) is 0 Å². The van der Waals surface area contributed by atoms with Crippen LogP contribution in [0.5, 0.6) is 0 Å². The molecule has 9 nitrogen and oxygen atoms in total. The van der Waals surface area contributed by atoms with Gasteiger partial charge in [0.1, 0.15) is 4.88 Å². The van der Waals surface area contributed by atoms with Gasteiger partial charge in [-0.3, -0.25) is 14.7 Å². The number of carbonyl (C=O) groups excluding carboxylic acids is 2. The van der Waals surface area contributed by atoms with E-state index >= 15 is 0 Å². The van der Waals surface area contributed by atoms with Crippen LogP contribution in [0.15, 0.2) is 53.6 Å². The van der Waals surface area contributed by atoms with Crippen LogP contribution >= 0.6 is 11.3 Å². The van der Waals surface area contributed by atoms with Gasteiger partial charge in [-0.2, -0.15) is 0 Å². The highest BCUT2D eigenvalue weighted by atomic mass is 32.2. The topological polar surface area (TPSA) is 113 Å². The summed E-state index contributed by atoms with van der Waals surface area (Å²) >= 11 is 1.18. The molecule has 0 unspecified atom stereocenters. The van der Waals surface area contributed by atoms with Gasteiger partial charge in [-0.05, 0) is 36.8 Å². The molecule has 4 rings (SSSR count). The molecule has 172 valence electrons. The minimum Gasteiger partial charge on any atom is -0.346 e. The summed E-state index contributed by atoms with van der Waals surface area (Å²) in [5, 5.41) is 3.32. The van der Waals surface area contributed by atoms with Crippen molar-refractivity contribution in [2.75, 3.05) is 24.2 Å². The van der Waals surface area contributed by atoms with Gasteiger partial charge < -0.3 is 10.2 Å². The van der Waals surface area contributed by atoms with Crippen molar-refractivity contribution in [3.05, 3.63) is 70.5 Å². The number of anilines is 1. The molecule has 3 heterocycles.